The second-order valence-corrected chi connectivity index (χ2v) is 6.98. The van der Waals surface area contributed by atoms with E-state index >= 15 is 0 Å². The lowest BCUT2D eigenvalue weighted by Gasteiger charge is -2.37. The smallest absolute Gasteiger partial charge is 0.0793 e. The van der Waals surface area contributed by atoms with Gasteiger partial charge in [0.05, 0.1) is 12.7 Å². The van der Waals surface area contributed by atoms with Crippen LogP contribution in [0.15, 0.2) is 0 Å². The molecule has 130 valence electrons. The number of rotatable bonds is 8. The van der Waals surface area contributed by atoms with Crippen molar-refractivity contribution >= 4 is 0 Å². The number of ether oxygens (including phenoxy) is 1. The molecule has 0 aromatic carbocycles. The number of aliphatic hydroxyl groups excluding tert-OH is 1. The van der Waals surface area contributed by atoms with Crippen molar-refractivity contribution in [1.29, 1.82) is 0 Å². The molecule has 0 radical (unpaired) electrons. The molecule has 0 aromatic rings. The highest BCUT2D eigenvalue weighted by Crippen LogP contribution is 2.16. The van der Waals surface area contributed by atoms with Gasteiger partial charge < -0.3 is 14.7 Å². The highest BCUT2D eigenvalue weighted by molar-refractivity contribution is 4.77. The lowest BCUT2D eigenvalue weighted by molar-refractivity contribution is 0.0356. The summed E-state index contributed by atoms with van der Waals surface area (Å²) in [6.45, 7) is 15.4. The summed E-state index contributed by atoms with van der Waals surface area (Å²) >= 11 is 0. The summed E-state index contributed by atoms with van der Waals surface area (Å²) in [7, 11) is 0. The molecule has 5 heteroatoms. The van der Waals surface area contributed by atoms with Crippen molar-refractivity contribution in [2.24, 2.45) is 5.92 Å². The van der Waals surface area contributed by atoms with E-state index in [0.29, 0.717) is 0 Å². The number of hydrogen-bond donors (Lipinski definition) is 1. The van der Waals surface area contributed by atoms with Gasteiger partial charge in [0.2, 0.25) is 0 Å². The predicted molar refractivity (Wildman–Crippen MR) is 90.2 cm³/mol. The van der Waals surface area contributed by atoms with E-state index in [4.69, 9.17) is 4.74 Å². The molecule has 2 aliphatic rings. The van der Waals surface area contributed by atoms with Gasteiger partial charge >= 0.3 is 0 Å². The van der Waals surface area contributed by atoms with E-state index in [9.17, 15) is 5.11 Å². The van der Waals surface area contributed by atoms with Crippen LogP contribution in [-0.4, -0.2) is 98.0 Å². The van der Waals surface area contributed by atoms with Crippen molar-refractivity contribution in [3.05, 3.63) is 0 Å². The maximum Gasteiger partial charge on any atom is 0.0793 e. The molecule has 2 rings (SSSR count). The molecule has 0 saturated carbocycles. The van der Waals surface area contributed by atoms with Gasteiger partial charge in [0.25, 0.3) is 0 Å². The van der Waals surface area contributed by atoms with Crippen molar-refractivity contribution in [1.82, 2.24) is 14.7 Å². The lowest BCUT2D eigenvalue weighted by atomic mass is 9.99. The Labute approximate surface area is 136 Å². The second kappa shape index (κ2) is 9.83. The molecular formula is C17H35N3O2. The molecular weight excluding hydrogens is 278 g/mol. The minimum Gasteiger partial charge on any atom is -0.390 e. The molecule has 2 saturated heterocycles. The fourth-order valence-corrected chi connectivity index (χ4v) is 3.43. The van der Waals surface area contributed by atoms with Gasteiger partial charge in [0.1, 0.15) is 0 Å². The molecule has 2 fully saturated rings. The van der Waals surface area contributed by atoms with E-state index < -0.39 is 0 Å². The van der Waals surface area contributed by atoms with Crippen molar-refractivity contribution in [2.45, 2.75) is 32.8 Å². The topological polar surface area (TPSA) is 39.2 Å². The van der Waals surface area contributed by atoms with E-state index in [1.54, 1.807) is 0 Å². The first-order valence-corrected chi connectivity index (χ1v) is 9.10. The lowest BCUT2D eigenvalue weighted by Crippen LogP contribution is -2.50. The van der Waals surface area contributed by atoms with Gasteiger partial charge in [-0.05, 0) is 38.8 Å². The molecule has 2 aliphatic heterocycles. The summed E-state index contributed by atoms with van der Waals surface area (Å²) in [5.74, 6) is 0.859. The van der Waals surface area contributed by atoms with Crippen LogP contribution < -0.4 is 0 Å². The molecule has 1 N–H and O–H groups in total. The standard InChI is InChI=1S/C17H35N3O2/c1-3-22-13-12-18-8-10-20(11-9-18)15-17(21)14-19-6-4-16(2)5-7-19/h16-17,21H,3-15H2,1-2H3/t17-/m1/s1. The van der Waals surface area contributed by atoms with E-state index in [1.165, 1.54) is 12.8 Å². The molecule has 0 unspecified atom stereocenters. The largest absolute Gasteiger partial charge is 0.390 e. The van der Waals surface area contributed by atoms with Crippen molar-refractivity contribution in [2.75, 3.05) is 72.1 Å². The fraction of sp³-hybridized carbons (Fsp3) is 1.00. The van der Waals surface area contributed by atoms with E-state index in [-0.39, 0.29) is 6.10 Å². The number of likely N-dealkylation sites (tertiary alicyclic amines) is 1. The summed E-state index contributed by atoms with van der Waals surface area (Å²) in [6.07, 6.45) is 2.36. The first kappa shape index (κ1) is 18.1. The number of hydrogen-bond acceptors (Lipinski definition) is 5. The Balaban J connectivity index is 1.57. The molecule has 0 amide bonds. The maximum atomic E-state index is 10.3. The van der Waals surface area contributed by atoms with E-state index in [2.05, 4.69) is 21.6 Å². The zero-order valence-corrected chi connectivity index (χ0v) is 14.5. The van der Waals surface area contributed by atoms with Crippen molar-refractivity contribution in [3.63, 3.8) is 0 Å². The van der Waals surface area contributed by atoms with E-state index in [0.717, 1.165) is 78.0 Å². The Morgan fingerprint density at radius 3 is 2.09 bits per heavy atom. The summed E-state index contributed by atoms with van der Waals surface area (Å²) in [4.78, 5) is 7.31. The predicted octanol–water partition coefficient (Wildman–Crippen LogP) is 0.733. The summed E-state index contributed by atoms with van der Waals surface area (Å²) in [5.41, 5.74) is 0. The van der Waals surface area contributed by atoms with Gasteiger partial charge in [-0.25, -0.2) is 0 Å². The zero-order valence-electron chi connectivity index (χ0n) is 14.5. The van der Waals surface area contributed by atoms with Crippen LogP contribution in [0, 0.1) is 5.92 Å². The maximum absolute atomic E-state index is 10.3. The number of piperazine rings is 1. The Morgan fingerprint density at radius 2 is 1.50 bits per heavy atom. The number of β-amino-alcohol motifs (C(OH)–C–C–N with tert-alkyl or cyclic N) is 1. The van der Waals surface area contributed by atoms with Crippen LogP contribution in [0.25, 0.3) is 0 Å². The van der Waals surface area contributed by atoms with Crippen LogP contribution >= 0.6 is 0 Å². The van der Waals surface area contributed by atoms with Gasteiger partial charge in [-0.1, -0.05) is 6.92 Å². The molecule has 22 heavy (non-hydrogen) atoms. The minimum absolute atomic E-state index is 0.205. The van der Waals surface area contributed by atoms with Gasteiger partial charge in [0, 0.05) is 52.4 Å². The number of piperidine rings is 1. The molecule has 2 heterocycles. The number of aliphatic hydroxyl groups is 1. The average Bonchev–Trinajstić information content (AvgIpc) is 2.51. The average molecular weight is 313 g/mol. The third kappa shape index (κ3) is 6.50. The van der Waals surface area contributed by atoms with Gasteiger partial charge in [-0.3, -0.25) is 9.80 Å². The quantitative estimate of drug-likeness (QED) is 0.669. The van der Waals surface area contributed by atoms with Gasteiger partial charge in [0.15, 0.2) is 0 Å². The van der Waals surface area contributed by atoms with E-state index in [1.807, 2.05) is 6.92 Å². The molecule has 0 aromatic heterocycles. The first-order chi connectivity index (χ1) is 10.7. The van der Waals surface area contributed by atoms with Crippen LogP contribution in [0.2, 0.25) is 0 Å². The van der Waals surface area contributed by atoms with Gasteiger partial charge in [-0.15, -0.1) is 0 Å². The van der Waals surface area contributed by atoms with Crippen molar-refractivity contribution in [3.8, 4) is 0 Å². The van der Waals surface area contributed by atoms with Crippen LogP contribution in [-0.2, 0) is 4.74 Å². The van der Waals surface area contributed by atoms with Crippen molar-refractivity contribution < 1.29 is 9.84 Å². The molecule has 0 bridgehead atoms. The third-order valence-electron chi connectivity index (χ3n) is 5.04. The molecule has 5 nitrogen and oxygen atoms in total. The Kier molecular flexibility index (Phi) is 8.11. The zero-order chi connectivity index (χ0) is 15.8. The second-order valence-electron chi connectivity index (χ2n) is 6.98. The fourth-order valence-electron chi connectivity index (χ4n) is 3.43. The normalized spacial score (nSPS) is 24.7. The minimum atomic E-state index is -0.205. The molecule has 1 atom stereocenters. The summed E-state index contributed by atoms with van der Waals surface area (Å²) < 4.78 is 5.42. The first-order valence-electron chi connectivity index (χ1n) is 9.10. The summed E-state index contributed by atoms with van der Waals surface area (Å²) in [5, 5.41) is 10.3. The summed E-state index contributed by atoms with van der Waals surface area (Å²) in [6, 6.07) is 0. The Morgan fingerprint density at radius 1 is 0.955 bits per heavy atom. The highest BCUT2D eigenvalue weighted by Gasteiger charge is 2.22. The monoisotopic (exact) mass is 313 g/mol. The third-order valence-corrected chi connectivity index (χ3v) is 5.04. The van der Waals surface area contributed by atoms with Crippen LogP contribution in [0.5, 0.6) is 0 Å². The Hall–Kier alpha value is -0.200. The highest BCUT2D eigenvalue weighted by atomic mass is 16.5. The van der Waals surface area contributed by atoms with Crippen LogP contribution in [0.1, 0.15) is 26.7 Å². The molecule has 0 aliphatic carbocycles. The number of nitrogens with zero attached hydrogens (tertiary/aromatic N) is 3. The SMILES string of the molecule is CCOCCN1CCN(C[C@H](O)CN2CCC(C)CC2)CC1. The van der Waals surface area contributed by atoms with Gasteiger partial charge in [-0.2, -0.15) is 0 Å². The Bertz CT molecular complexity index is 288. The van der Waals surface area contributed by atoms with Crippen LogP contribution in [0.3, 0.4) is 0 Å². The molecule has 0 spiro atoms. The van der Waals surface area contributed by atoms with Crippen LogP contribution in [0.4, 0.5) is 0 Å².